The van der Waals surface area contributed by atoms with Crippen molar-refractivity contribution in [3.05, 3.63) is 35.8 Å². The van der Waals surface area contributed by atoms with Crippen LogP contribution in [-0.2, 0) is 0 Å². The molecule has 1 aromatic heterocycles. The predicted molar refractivity (Wildman–Crippen MR) is 61.6 cm³/mol. The fourth-order valence-electron chi connectivity index (χ4n) is 2.11. The van der Waals surface area contributed by atoms with E-state index in [9.17, 15) is 4.39 Å². The van der Waals surface area contributed by atoms with Crippen molar-refractivity contribution in [1.82, 2.24) is 4.98 Å². The summed E-state index contributed by atoms with van der Waals surface area (Å²) in [5.41, 5.74) is 2.25. The average molecular weight is 205 g/mol. The minimum Gasteiger partial charge on any atom is -0.361 e. The minimum atomic E-state index is -0.160. The third-order valence-electron chi connectivity index (χ3n) is 2.93. The molecule has 1 unspecified atom stereocenters. The van der Waals surface area contributed by atoms with E-state index >= 15 is 0 Å². The quantitative estimate of drug-likeness (QED) is 0.772. The van der Waals surface area contributed by atoms with Crippen molar-refractivity contribution >= 4 is 10.9 Å². The van der Waals surface area contributed by atoms with Gasteiger partial charge in [-0.05, 0) is 36.1 Å². The van der Waals surface area contributed by atoms with Crippen LogP contribution in [0.2, 0.25) is 0 Å². The largest absolute Gasteiger partial charge is 0.361 e. The van der Waals surface area contributed by atoms with Gasteiger partial charge in [-0.2, -0.15) is 0 Å². The lowest BCUT2D eigenvalue weighted by molar-refractivity contribution is 0.629. The number of nitrogens with one attached hydrogen (secondary N) is 1. The van der Waals surface area contributed by atoms with E-state index in [0.717, 1.165) is 23.7 Å². The van der Waals surface area contributed by atoms with Gasteiger partial charge in [0, 0.05) is 17.1 Å². The molecule has 0 aliphatic heterocycles. The molecule has 2 aromatic rings. The van der Waals surface area contributed by atoms with E-state index in [4.69, 9.17) is 0 Å². The number of aromatic amines is 1. The van der Waals surface area contributed by atoms with Gasteiger partial charge in [0.25, 0.3) is 0 Å². The van der Waals surface area contributed by atoms with E-state index in [1.807, 2.05) is 6.20 Å². The van der Waals surface area contributed by atoms with Crippen LogP contribution >= 0.6 is 0 Å². The molecular weight excluding hydrogens is 189 g/mol. The van der Waals surface area contributed by atoms with Crippen LogP contribution < -0.4 is 0 Å². The van der Waals surface area contributed by atoms with E-state index in [0.29, 0.717) is 5.92 Å². The summed E-state index contributed by atoms with van der Waals surface area (Å²) in [6.07, 6.45) is 4.30. The maximum Gasteiger partial charge on any atom is 0.123 e. The fourth-order valence-corrected chi connectivity index (χ4v) is 2.11. The highest BCUT2D eigenvalue weighted by atomic mass is 19.1. The second-order valence-corrected chi connectivity index (χ2v) is 4.12. The highest BCUT2D eigenvalue weighted by Crippen LogP contribution is 2.28. The zero-order valence-corrected chi connectivity index (χ0v) is 9.18. The molecule has 0 saturated carbocycles. The second-order valence-electron chi connectivity index (χ2n) is 4.12. The van der Waals surface area contributed by atoms with Gasteiger partial charge in [0.05, 0.1) is 0 Å². The van der Waals surface area contributed by atoms with Crippen LogP contribution in [0.3, 0.4) is 0 Å². The van der Waals surface area contributed by atoms with E-state index in [2.05, 4.69) is 18.8 Å². The molecule has 0 fully saturated rings. The molecule has 1 atom stereocenters. The third-order valence-corrected chi connectivity index (χ3v) is 2.93. The second kappa shape index (κ2) is 4.05. The van der Waals surface area contributed by atoms with Crippen molar-refractivity contribution in [2.75, 3.05) is 0 Å². The lowest BCUT2D eigenvalue weighted by atomic mass is 9.96. The number of hydrogen-bond donors (Lipinski definition) is 1. The molecule has 0 bridgehead atoms. The number of fused-ring (bicyclic) bond motifs is 1. The molecule has 15 heavy (non-hydrogen) atoms. The van der Waals surface area contributed by atoms with Gasteiger partial charge >= 0.3 is 0 Å². The summed E-state index contributed by atoms with van der Waals surface area (Å²) >= 11 is 0. The van der Waals surface area contributed by atoms with Crippen LogP contribution in [0, 0.1) is 5.82 Å². The average Bonchev–Trinajstić information content (AvgIpc) is 2.60. The van der Waals surface area contributed by atoms with Crippen molar-refractivity contribution in [1.29, 1.82) is 0 Å². The molecule has 2 heteroatoms. The molecule has 0 aliphatic rings. The van der Waals surface area contributed by atoms with Gasteiger partial charge in [0.1, 0.15) is 5.82 Å². The molecule has 0 amide bonds. The summed E-state index contributed by atoms with van der Waals surface area (Å²) in [7, 11) is 0. The Morgan fingerprint density at radius 2 is 2.20 bits per heavy atom. The van der Waals surface area contributed by atoms with Crippen LogP contribution in [0.25, 0.3) is 10.9 Å². The van der Waals surface area contributed by atoms with Gasteiger partial charge in [-0.15, -0.1) is 0 Å². The van der Waals surface area contributed by atoms with Crippen molar-refractivity contribution < 1.29 is 4.39 Å². The fraction of sp³-hybridized carbons (Fsp3) is 0.385. The van der Waals surface area contributed by atoms with Crippen LogP contribution in [0.15, 0.2) is 24.4 Å². The molecule has 80 valence electrons. The third kappa shape index (κ3) is 1.89. The Morgan fingerprint density at radius 3 is 2.93 bits per heavy atom. The molecule has 0 aliphatic carbocycles. The monoisotopic (exact) mass is 205 g/mol. The van der Waals surface area contributed by atoms with Gasteiger partial charge in [0.2, 0.25) is 0 Å². The van der Waals surface area contributed by atoms with E-state index in [-0.39, 0.29) is 5.82 Å². The highest BCUT2D eigenvalue weighted by Gasteiger charge is 2.10. The van der Waals surface area contributed by atoms with E-state index in [1.54, 1.807) is 12.1 Å². The molecule has 1 nitrogen and oxygen atoms in total. The normalized spacial score (nSPS) is 13.3. The summed E-state index contributed by atoms with van der Waals surface area (Å²) in [6, 6.07) is 4.91. The van der Waals surface area contributed by atoms with Crippen molar-refractivity contribution in [2.45, 2.75) is 32.6 Å². The zero-order valence-electron chi connectivity index (χ0n) is 9.18. The Kier molecular flexibility index (Phi) is 2.76. The van der Waals surface area contributed by atoms with E-state index < -0.39 is 0 Å². The van der Waals surface area contributed by atoms with Crippen LogP contribution in [0.5, 0.6) is 0 Å². The summed E-state index contributed by atoms with van der Waals surface area (Å²) in [5.74, 6) is 0.331. The molecule has 1 N–H and O–H groups in total. The van der Waals surface area contributed by atoms with Crippen molar-refractivity contribution in [2.24, 2.45) is 0 Å². The lowest BCUT2D eigenvalue weighted by Crippen LogP contribution is -1.91. The molecule has 0 saturated heterocycles. The van der Waals surface area contributed by atoms with Crippen molar-refractivity contribution in [3.8, 4) is 0 Å². The Bertz CT molecular complexity index is 459. The Labute approximate surface area is 89.3 Å². The van der Waals surface area contributed by atoms with E-state index in [1.165, 1.54) is 11.6 Å². The first kappa shape index (κ1) is 10.2. The predicted octanol–water partition coefficient (Wildman–Crippen LogP) is 4.21. The summed E-state index contributed by atoms with van der Waals surface area (Å²) < 4.78 is 13.1. The topological polar surface area (TPSA) is 15.8 Å². The van der Waals surface area contributed by atoms with Crippen LogP contribution in [-0.4, -0.2) is 4.98 Å². The van der Waals surface area contributed by atoms with Gasteiger partial charge in [0.15, 0.2) is 0 Å². The maximum atomic E-state index is 13.1. The van der Waals surface area contributed by atoms with Gasteiger partial charge in [-0.3, -0.25) is 0 Å². The Balaban J connectivity index is 2.47. The molecule has 0 radical (unpaired) electrons. The molecule has 0 spiro atoms. The van der Waals surface area contributed by atoms with Crippen LogP contribution in [0.1, 0.15) is 38.2 Å². The first-order valence-electron chi connectivity index (χ1n) is 5.49. The number of hydrogen-bond acceptors (Lipinski definition) is 0. The number of H-pyrrole nitrogens is 1. The van der Waals surface area contributed by atoms with Gasteiger partial charge in [-0.1, -0.05) is 20.3 Å². The van der Waals surface area contributed by atoms with Gasteiger partial charge < -0.3 is 4.98 Å². The maximum absolute atomic E-state index is 13.1. The standard InChI is InChI=1S/C13H16FN/c1-3-4-9(2)12-8-15-13-6-5-10(14)7-11(12)13/h5-9,15H,3-4H2,1-2H3. The minimum absolute atomic E-state index is 0.160. The Morgan fingerprint density at radius 1 is 1.40 bits per heavy atom. The summed E-state index contributed by atoms with van der Waals surface area (Å²) in [5, 5.41) is 1.02. The number of aromatic nitrogens is 1. The molecule has 1 heterocycles. The summed E-state index contributed by atoms with van der Waals surface area (Å²) in [6.45, 7) is 4.36. The first-order valence-corrected chi connectivity index (χ1v) is 5.49. The molecule has 2 rings (SSSR count). The Hall–Kier alpha value is -1.31. The summed E-state index contributed by atoms with van der Waals surface area (Å²) in [4.78, 5) is 3.19. The molecule has 1 aromatic carbocycles. The number of rotatable bonds is 3. The first-order chi connectivity index (χ1) is 7.22. The lowest BCUT2D eigenvalue weighted by Gasteiger charge is -2.08. The molecular formula is C13H16FN. The number of halogens is 1. The van der Waals surface area contributed by atoms with Crippen molar-refractivity contribution in [3.63, 3.8) is 0 Å². The van der Waals surface area contributed by atoms with Gasteiger partial charge in [-0.25, -0.2) is 4.39 Å². The highest BCUT2D eigenvalue weighted by molar-refractivity contribution is 5.83. The zero-order chi connectivity index (χ0) is 10.8. The SMILES string of the molecule is CCCC(C)c1c[nH]c2ccc(F)cc12. The van der Waals surface area contributed by atoms with Crippen LogP contribution in [0.4, 0.5) is 4.39 Å². The number of benzene rings is 1. The smallest absolute Gasteiger partial charge is 0.123 e.